The van der Waals surface area contributed by atoms with Crippen LogP contribution in [0.3, 0.4) is 0 Å². The van der Waals surface area contributed by atoms with Gasteiger partial charge in [-0.2, -0.15) is 13.2 Å². The molecular formula is C26H25F4N3O6S2. The van der Waals surface area contributed by atoms with Crippen LogP contribution in [0.5, 0.6) is 0 Å². The predicted molar refractivity (Wildman–Crippen MR) is 144 cm³/mol. The van der Waals surface area contributed by atoms with Crippen LogP contribution in [0.25, 0.3) is 17.2 Å². The van der Waals surface area contributed by atoms with E-state index in [9.17, 15) is 41.5 Å². The molecule has 3 rings (SSSR count). The number of nitrogens with zero attached hydrogens (tertiary/aromatic N) is 1. The van der Waals surface area contributed by atoms with Crippen molar-refractivity contribution in [2.45, 2.75) is 51.4 Å². The molecule has 0 radical (unpaired) electrons. The first-order valence-electron chi connectivity index (χ1n) is 12.0. The average Bonchev–Trinajstić information content (AvgIpc) is 3.40. The van der Waals surface area contributed by atoms with Gasteiger partial charge in [-0.25, -0.2) is 4.39 Å². The maximum absolute atomic E-state index is 13.6. The summed E-state index contributed by atoms with van der Waals surface area (Å²) in [4.78, 5) is 62.6. The van der Waals surface area contributed by atoms with Gasteiger partial charge in [0.1, 0.15) is 17.5 Å². The van der Waals surface area contributed by atoms with Gasteiger partial charge in [-0.3, -0.25) is 28.9 Å². The Balaban J connectivity index is 1.63. The maximum atomic E-state index is 13.6. The summed E-state index contributed by atoms with van der Waals surface area (Å²) in [6.07, 6.45) is -4.36. The van der Waals surface area contributed by atoms with Gasteiger partial charge in [-0.05, 0) is 73.3 Å². The summed E-state index contributed by atoms with van der Waals surface area (Å²) in [6, 6.07) is 2.75. The first kappa shape index (κ1) is 31.8. The predicted octanol–water partition coefficient (Wildman–Crippen LogP) is 4.70. The maximum Gasteiger partial charge on any atom is 0.419 e. The van der Waals surface area contributed by atoms with Crippen LogP contribution in [-0.2, 0) is 30.1 Å². The van der Waals surface area contributed by atoms with Gasteiger partial charge >= 0.3 is 12.1 Å². The zero-order chi connectivity index (χ0) is 30.7. The summed E-state index contributed by atoms with van der Waals surface area (Å²) in [5.41, 5.74) is 3.53. The lowest BCUT2D eigenvalue weighted by atomic mass is 10.0. The third-order valence-electron chi connectivity index (χ3n) is 5.40. The van der Waals surface area contributed by atoms with Crippen molar-refractivity contribution < 1.29 is 46.3 Å². The van der Waals surface area contributed by atoms with Crippen LogP contribution in [0, 0.1) is 5.82 Å². The number of hydrogen-bond donors (Lipinski definition) is 2. The Kier molecular flexibility index (Phi) is 9.64. The number of nitrogens with two attached hydrogens (primary N) is 1. The molecule has 1 aliphatic rings. The molecular weight excluding hydrogens is 590 g/mol. The highest BCUT2D eigenvalue weighted by Crippen LogP contribution is 2.37. The lowest BCUT2D eigenvalue weighted by Gasteiger charge is -2.22. The third kappa shape index (κ3) is 8.63. The summed E-state index contributed by atoms with van der Waals surface area (Å²) in [7, 11) is 0. The van der Waals surface area contributed by atoms with Crippen LogP contribution in [0.4, 0.5) is 22.4 Å². The van der Waals surface area contributed by atoms with Crippen molar-refractivity contribution >= 4 is 58.1 Å². The second kappa shape index (κ2) is 12.4. The van der Waals surface area contributed by atoms with Gasteiger partial charge in [0.2, 0.25) is 11.8 Å². The van der Waals surface area contributed by atoms with E-state index in [0.717, 1.165) is 22.3 Å². The Bertz CT molecular complexity index is 1410. The number of amides is 4. The first-order chi connectivity index (χ1) is 18.9. The van der Waals surface area contributed by atoms with Crippen LogP contribution in [0.15, 0.2) is 34.6 Å². The number of hydrogen-bond acceptors (Lipinski definition) is 8. The molecule has 0 unspecified atom stereocenters. The molecule has 3 N–H and O–H groups in total. The minimum atomic E-state index is -4.87. The van der Waals surface area contributed by atoms with Crippen molar-refractivity contribution in [3.05, 3.63) is 50.8 Å². The van der Waals surface area contributed by atoms with E-state index in [-0.39, 0.29) is 23.4 Å². The lowest BCUT2D eigenvalue weighted by Crippen LogP contribution is -2.47. The summed E-state index contributed by atoms with van der Waals surface area (Å²) in [6.45, 7) is 4.56. The number of benzene rings is 1. The van der Waals surface area contributed by atoms with Gasteiger partial charge in [0.05, 0.1) is 16.9 Å². The highest BCUT2D eigenvalue weighted by Gasteiger charge is 2.36. The van der Waals surface area contributed by atoms with E-state index in [1.807, 2.05) is 0 Å². The van der Waals surface area contributed by atoms with E-state index in [4.69, 9.17) is 10.5 Å². The molecule has 1 fully saturated rings. The van der Waals surface area contributed by atoms with E-state index in [0.29, 0.717) is 28.3 Å². The van der Waals surface area contributed by atoms with Gasteiger partial charge in [0.25, 0.3) is 11.1 Å². The Morgan fingerprint density at radius 1 is 1.12 bits per heavy atom. The Morgan fingerprint density at radius 3 is 2.41 bits per heavy atom. The molecule has 15 heteroatoms. The summed E-state index contributed by atoms with van der Waals surface area (Å²) in [5.74, 6) is -4.55. The fraction of sp³-hybridized carbons (Fsp3) is 0.346. The SMILES string of the molecule is CC(C)(C)OC(=O)C[C@H](NC(=O)CCN1C(=O)SC(=Cc2cc(-c3ccc(F)c(C(F)(F)F)c3)cs2)C1=O)C(N)=O. The molecule has 0 saturated carbocycles. The standard InChI is InChI=1S/C26H25F4N3O6S2/c1-25(2,3)39-21(35)11-18(22(31)36)32-20(34)6-7-33-23(37)19(41-24(33)38)10-15-8-14(12-40-15)13-4-5-17(27)16(9-13)26(28,29)30/h4-5,8-10,12,18H,6-7,11H2,1-3H3,(H2,31,36)(H,32,34)/t18-/m0/s1. The summed E-state index contributed by atoms with van der Waals surface area (Å²) >= 11 is 1.71. The van der Waals surface area contributed by atoms with Crippen LogP contribution < -0.4 is 11.1 Å². The molecule has 220 valence electrons. The van der Waals surface area contributed by atoms with Gasteiger partial charge in [0.15, 0.2) is 0 Å². The summed E-state index contributed by atoms with van der Waals surface area (Å²) in [5, 5.41) is 3.17. The molecule has 9 nitrogen and oxygen atoms in total. The molecule has 4 amide bonds. The number of primary amides is 1. The van der Waals surface area contributed by atoms with Crippen molar-refractivity contribution in [1.29, 1.82) is 0 Å². The Labute approximate surface area is 240 Å². The second-order valence-electron chi connectivity index (χ2n) is 9.83. The van der Waals surface area contributed by atoms with Crippen LogP contribution in [0.2, 0.25) is 0 Å². The van der Waals surface area contributed by atoms with Crippen molar-refractivity contribution in [2.24, 2.45) is 5.73 Å². The minimum absolute atomic E-state index is 0.0267. The molecule has 1 atom stereocenters. The van der Waals surface area contributed by atoms with E-state index in [1.165, 1.54) is 23.6 Å². The largest absolute Gasteiger partial charge is 0.460 e. The number of ether oxygens (including phenoxy) is 1. The smallest absolute Gasteiger partial charge is 0.419 e. The van der Waals surface area contributed by atoms with Crippen LogP contribution in [0.1, 0.15) is 44.1 Å². The molecule has 1 aliphatic heterocycles. The molecule has 2 aromatic rings. The second-order valence-corrected chi connectivity index (χ2v) is 11.8. The number of alkyl halides is 3. The molecule has 2 heterocycles. The number of carbonyl (C=O) groups excluding carboxylic acids is 5. The van der Waals surface area contributed by atoms with Crippen LogP contribution >= 0.6 is 23.1 Å². The van der Waals surface area contributed by atoms with Gasteiger partial charge in [0, 0.05) is 17.8 Å². The van der Waals surface area contributed by atoms with Gasteiger partial charge in [-0.15, -0.1) is 11.3 Å². The number of imide groups is 1. The highest BCUT2D eigenvalue weighted by atomic mass is 32.2. The van der Waals surface area contributed by atoms with E-state index < -0.39 is 64.6 Å². The zero-order valence-electron chi connectivity index (χ0n) is 22.0. The molecule has 1 saturated heterocycles. The molecule has 1 aromatic heterocycles. The van der Waals surface area contributed by atoms with Gasteiger partial charge in [-0.1, -0.05) is 6.07 Å². The topological polar surface area (TPSA) is 136 Å². The number of nitrogens with one attached hydrogen (secondary N) is 1. The average molecular weight is 616 g/mol. The van der Waals surface area contributed by atoms with Crippen molar-refractivity contribution in [2.75, 3.05) is 6.54 Å². The highest BCUT2D eigenvalue weighted by molar-refractivity contribution is 8.18. The van der Waals surface area contributed by atoms with Gasteiger partial charge < -0.3 is 15.8 Å². The third-order valence-corrected chi connectivity index (χ3v) is 7.19. The minimum Gasteiger partial charge on any atom is -0.460 e. The van der Waals surface area contributed by atoms with E-state index in [1.54, 1.807) is 20.8 Å². The summed E-state index contributed by atoms with van der Waals surface area (Å²) < 4.78 is 57.9. The molecule has 0 aliphatic carbocycles. The monoisotopic (exact) mass is 615 g/mol. The number of thiophene rings is 1. The quantitative estimate of drug-likeness (QED) is 0.237. The first-order valence-corrected chi connectivity index (χ1v) is 13.7. The Morgan fingerprint density at radius 2 is 1.80 bits per heavy atom. The molecule has 0 bridgehead atoms. The number of esters is 1. The zero-order valence-corrected chi connectivity index (χ0v) is 23.6. The van der Waals surface area contributed by atoms with Crippen molar-refractivity contribution in [3.8, 4) is 11.1 Å². The van der Waals surface area contributed by atoms with E-state index >= 15 is 0 Å². The fourth-order valence-corrected chi connectivity index (χ4v) is 5.35. The lowest BCUT2D eigenvalue weighted by molar-refractivity contribution is -0.156. The number of thioether (sulfide) groups is 1. The molecule has 0 spiro atoms. The van der Waals surface area contributed by atoms with Crippen molar-refractivity contribution in [1.82, 2.24) is 10.2 Å². The van der Waals surface area contributed by atoms with E-state index in [2.05, 4.69) is 5.32 Å². The number of rotatable bonds is 9. The molecule has 41 heavy (non-hydrogen) atoms. The number of carbonyl (C=O) groups is 5. The van der Waals surface area contributed by atoms with Crippen LogP contribution in [-0.4, -0.2) is 52.0 Å². The molecule has 1 aromatic carbocycles. The Hall–Kier alpha value is -3.72. The van der Waals surface area contributed by atoms with Crippen molar-refractivity contribution in [3.63, 3.8) is 0 Å². The normalized spacial score (nSPS) is 15.8. The fourth-order valence-electron chi connectivity index (χ4n) is 3.58. The number of halogens is 4.